The van der Waals surface area contributed by atoms with Gasteiger partial charge in [-0.1, -0.05) is 30.3 Å². The molecular weight excluding hydrogens is 246 g/mol. The molecule has 2 aromatic rings. The highest BCUT2D eigenvalue weighted by molar-refractivity contribution is 8.00. The Balaban J connectivity index is 2.03. The molecule has 3 rings (SSSR count). The van der Waals surface area contributed by atoms with Crippen LogP contribution >= 0.6 is 11.8 Å². The van der Waals surface area contributed by atoms with Crippen molar-refractivity contribution in [3.05, 3.63) is 48.4 Å². The van der Waals surface area contributed by atoms with Gasteiger partial charge in [-0.25, -0.2) is 0 Å². The van der Waals surface area contributed by atoms with Crippen LogP contribution in [0.4, 0.5) is 0 Å². The fourth-order valence-corrected chi connectivity index (χ4v) is 2.84. The summed E-state index contributed by atoms with van der Waals surface area (Å²) < 4.78 is 0. The van der Waals surface area contributed by atoms with Crippen LogP contribution in [0.15, 0.2) is 42.7 Å². The summed E-state index contributed by atoms with van der Waals surface area (Å²) in [5, 5.41) is 2.81. The van der Waals surface area contributed by atoms with Gasteiger partial charge in [-0.3, -0.25) is 14.8 Å². The second-order valence-corrected chi connectivity index (χ2v) is 5.01. The van der Waals surface area contributed by atoms with E-state index in [-0.39, 0.29) is 11.3 Å². The summed E-state index contributed by atoms with van der Waals surface area (Å²) >= 11 is 1.55. The number of benzene rings is 1. The van der Waals surface area contributed by atoms with Gasteiger partial charge in [0.25, 0.3) is 0 Å². The SMILES string of the molecule is O=C1CSC(c2nccnc2-c2ccccc2)N1. The minimum absolute atomic E-state index is 0.0506. The van der Waals surface area contributed by atoms with Crippen LogP contribution in [0.2, 0.25) is 0 Å². The molecule has 4 nitrogen and oxygen atoms in total. The van der Waals surface area contributed by atoms with Crippen molar-refractivity contribution >= 4 is 17.7 Å². The lowest BCUT2D eigenvalue weighted by Gasteiger charge is -2.12. The number of amides is 1. The smallest absolute Gasteiger partial charge is 0.231 e. The summed E-state index contributed by atoms with van der Waals surface area (Å²) in [7, 11) is 0. The van der Waals surface area contributed by atoms with Gasteiger partial charge in [-0.15, -0.1) is 11.8 Å². The zero-order valence-electron chi connectivity index (χ0n) is 9.54. The first-order valence-electron chi connectivity index (χ1n) is 5.62. The maximum Gasteiger partial charge on any atom is 0.231 e. The quantitative estimate of drug-likeness (QED) is 0.894. The predicted octanol–water partition coefficient (Wildman–Crippen LogP) is 2.01. The van der Waals surface area contributed by atoms with E-state index in [0.717, 1.165) is 17.0 Å². The zero-order chi connectivity index (χ0) is 12.4. The van der Waals surface area contributed by atoms with E-state index < -0.39 is 0 Å². The maximum absolute atomic E-state index is 11.3. The van der Waals surface area contributed by atoms with E-state index in [4.69, 9.17) is 0 Å². The predicted molar refractivity (Wildman–Crippen MR) is 70.8 cm³/mol. The molecule has 18 heavy (non-hydrogen) atoms. The molecule has 0 aliphatic carbocycles. The first kappa shape index (κ1) is 11.2. The van der Waals surface area contributed by atoms with Gasteiger partial charge in [0.05, 0.1) is 17.1 Å². The van der Waals surface area contributed by atoms with Crippen LogP contribution in [-0.2, 0) is 4.79 Å². The monoisotopic (exact) mass is 257 g/mol. The highest BCUT2D eigenvalue weighted by atomic mass is 32.2. The third kappa shape index (κ3) is 2.09. The highest BCUT2D eigenvalue weighted by Crippen LogP contribution is 2.34. The first-order chi connectivity index (χ1) is 8.84. The maximum atomic E-state index is 11.3. The Hall–Kier alpha value is -1.88. The minimum Gasteiger partial charge on any atom is -0.338 e. The molecule has 1 N–H and O–H groups in total. The van der Waals surface area contributed by atoms with Crippen LogP contribution in [0, 0.1) is 0 Å². The molecule has 0 radical (unpaired) electrons. The Labute approximate surface area is 109 Å². The van der Waals surface area contributed by atoms with E-state index in [1.54, 1.807) is 24.2 Å². The normalized spacial score (nSPS) is 18.7. The van der Waals surface area contributed by atoms with Crippen LogP contribution in [0.1, 0.15) is 11.1 Å². The van der Waals surface area contributed by atoms with E-state index in [9.17, 15) is 4.79 Å². The Kier molecular flexibility index (Phi) is 2.98. The Bertz CT molecular complexity index is 573. The van der Waals surface area contributed by atoms with E-state index in [1.807, 2.05) is 30.3 Å². The van der Waals surface area contributed by atoms with Crippen molar-refractivity contribution in [2.75, 3.05) is 5.75 Å². The molecule has 2 heterocycles. The molecule has 1 aliphatic heterocycles. The molecule has 1 fully saturated rings. The standard InChI is InChI=1S/C13H11N3OS/c17-10-8-18-13(16-10)12-11(14-6-7-15-12)9-4-2-1-3-5-9/h1-7,13H,8H2,(H,16,17). The molecule has 0 saturated carbocycles. The Morgan fingerprint density at radius 3 is 2.67 bits per heavy atom. The molecule has 1 amide bonds. The number of hydrogen-bond donors (Lipinski definition) is 1. The second kappa shape index (κ2) is 4.78. The van der Waals surface area contributed by atoms with Crippen molar-refractivity contribution in [2.45, 2.75) is 5.37 Å². The highest BCUT2D eigenvalue weighted by Gasteiger charge is 2.27. The van der Waals surface area contributed by atoms with Crippen molar-refractivity contribution in [3.8, 4) is 11.3 Å². The summed E-state index contributed by atoms with van der Waals surface area (Å²) in [6, 6.07) is 9.89. The molecule has 1 aromatic carbocycles. The summed E-state index contributed by atoms with van der Waals surface area (Å²) in [6.07, 6.45) is 3.33. The molecule has 1 unspecified atom stereocenters. The lowest BCUT2D eigenvalue weighted by Crippen LogP contribution is -2.20. The topological polar surface area (TPSA) is 54.9 Å². The Morgan fingerprint density at radius 1 is 1.17 bits per heavy atom. The average Bonchev–Trinajstić information content (AvgIpc) is 2.86. The molecule has 1 aromatic heterocycles. The number of rotatable bonds is 2. The molecule has 0 spiro atoms. The van der Waals surface area contributed by atoms with Crippen molar-refractivity contribution in [2.24, 2.45) is 0 Å². The number of thioether (sulfide) groups is 1. The molecule has 1 saturated heterocycles. The van der Waals surface area contributed by atoms with Crippen molar-refractivity contribution in [3.63, 3.8) is 0 Å². The molecule has 0 bridgehead atoms. The third-order valence-corrected chi connectivity index (χ3v) is 3.80. The largest absolute Gasteiger partial charge is 0.338 e. The van der Waals surface area contributed by atoms with Crippen LogP contribution in [0.3, 0.4) is 0 Å². The van der Waals surface area contributed by atoms with E-state index in [1.165, 1.54) is 0 Å². The van der Waals surface area contributed by atoms with E-state index >= 15 is 0 Å². The second-order valence-electron chi connectivity index (χ2n) is 3.91. The summed E-state index contributed by atoms with van der Waals surface area (Å²) in [5.74, 6) is 0.532. The van der Waals surface area contributed by atoms with Crippen LogP contribution < -0.4 is 5.32 Å². The van der Waals surface area contributed by atoms with Gasteiger partial charge in [-0.05, 0) is 0 Å². The zero-order valence-corrected chi connectivity index (χ0v) is 10.4. The van der Waals surface area contributed by atoms with Crippen molar-refractivity contribution < 1.29 is 4.79 Å². The summed E-state index contributed by atoms with van der Waals surface area (Å²) in [5.41, 5.74) is 2.67. The molecule has 1 aliphatic rings. The lowest BCUT2D eigenvalue weighted by atomic mass is 10.1. The molecule has 5 heteroatoms. The fourth-order valence-electron chi connectivity index (χ4n) is 1.89. The molecular formula is C13H11N3OS. The van der Waals surface area contributed by atoms with Crippen molar-refractivity contribution in [1.29, 1.82) is 0 Å². The number of hydrogen-bond acceptors (Lipinski definition) is 4. The average molecular weight is 257 g/mol. The van der Waals surface area contributed by atoms with E-state index in [0.29, 0.717) is 5.75 Å². The number of aromatic nitrogens is 2. The molecule has 1 atom stereocenters. The summed E-state index contributed by atoms with van der Waals surface area (Å²) in [4.78, 5) is 20.1. The number of nitrogens with zero attached hydrogens (tertiary/aromatic N) is 2. The van der Waals surface area contributed by atoms with E-state index in [2.05, 4.69) is 15.3 Å². The van der Waals surface area contributed by atoms with Gasteiger partial charge in [0.1, 0.15) is 5.37 Å². The number of carbonyl (C=O) groups is 1. The van der Waals surface area contributed by atoms with Crippen LogP contribution in [0.25, 0.3) is 11.3 Å². The van der Waals surface area contributed by atoms with Gasteiger partial charge < -0.3 is 5.32 Å². The molecule has 90 valence electrons. The van der Waals surface area contributed by atoms with Gasteiger partial charge in [-0.2, -0.15) is 0 Å². The van der Waals surface area contributed by atoms with Gasteiger partial charge in [0.2, 0.25) is 5.91 Å². The fraction of sp³-hybridized carbons (Fsp3) is 0.154. The Morgan fingerprint density at radius 2 is 1.94 bits per heavy atom. The third-order valence-electron chi connectivity index (χ3n) is 2.70. The lowest BCUT2D eigenvalue weighted by molar-refractivity contribution is -0.118. The van der Waals surface area contributed by atoms with Crippen LogP contribution in [0.5, 0.6) is 0 Å². The van der Waals surface area contributed by atoms with Crippen LogP contribution in [-0.4, -0.2) is 21.6 Å². The van der Waals surface area contributed by atoms with Gasteiger partial charge in [0.15, 0.2) is 0 Å². The minimum atomic E-state index is -0.0959. The summed E-state index contributed by atoms with van der Waals surface area (Å²) in [6.45, 7) is 0. The number of carbonyl (C=O) groups excluding carboxylic acids is 1. The van der Waals surface area contributed by atoms with Crippen molar-refractivity contribution in [1.82, 2.24) is 15.3 Å². The van der Waals surface area contributed by atoms with Gasteiger partial charge >= 0.3 is 0 Å². The first-order valence-corrected chi connectivity index (χ1v) is 6.67. The van der Waals surface area contributed by atoms with Gasteiger partial charge in [0, 0.05) is 18.0 Å². The number of nitrogens with one attached hydrogen (secondary N) is 1.